The highest BCUT2D eigenvalue weighted by molar-refractivity contribution is 5.89. The lowest BCUT2D eigenvalue weighted by atomic mass is 10.1. The fourth-order valence-electron chi connectivity index (χ4n) is 2.25. The summed E-state index contributed by atoms with van der Waals surface area (Å²) in [7, 11) is 1.63. The van der Waals surface area contributed by atoms with Gasteiger partial charge in [-0.1, -0.05) is 42.5 Å². The number of carbonyl (C=O) groups excluding carboxylic acids is 1. The van der Waals surface area contributed by atoms with Gasteiger partial charge >= 0.3 is 6.03 Å². The Morgan fingerprint density at radius 1 is 1.17 bits per heavy atom. The van der Waals surface area contributed by atoms with Gasteiger partial charge in [0.05, 0.1) is 12.7 Å². The Morgan fingerprint density at radius 2 is 1.96 bits per heavy atom. The van der Waals surface area contributed by atoms with Gasteiger partial charge in [-0.3, -0.25) is 0 Å². The molecule has 0 aliphatic carbocycles. The Bertz CT molecular complexity index is 617. The van der Waals surface area contributed by atoms with Gasteiger partial charge in [-0.2, -0.15) is 0 Å². The fourth-order valence-corrected chi connectivity index (χ4v) is 2.25. The molecule has 1 atom stereocenters. The lowest BCUT2D eigenvalue weighted by molar-refractivity contribution is 0.167. The van der Waals surface area contributed by atoms with Gasteiger partial charge in [0.2, 0.25) is 0 Å². The molecule has 0 saturated heterocycles. The van der Waals surface area contributed by atoms with Crippen LogP contribution in [0.1, 0.15) is 23.7 Å². The molecule has 2 rings (SSSR count). The van der Waals surface area contributed by atoms with Gasteiger partial charge in [-0.05, 0) is 29.7 Å². The van der Waals surface area contributed by atoms with Crippen molar-refractivity contribution in [1.82, 2.24) is 5.32 Å². The summed E-state index contributed by atoms with van der Waals surface area (Å²) in [5.74, 6) is 0. The average molecular weight is 314 g/mol. The molecule has 0 heterocycles. The smallest absolute Gasteiger partial charge is 0.319 e. The number of aliphatic hydroxyl groups excluding tert-OH is 1. The molecular formula is C18H22N2O3. The summed E-state index contributed by atoms with van der Waals surface area (Å²) in [6.07, 6.45) is -0.122. The molecule has 0 aromatic heterocycles. The number of carbonyl (C=O) groups is 1. The van der Waals surface area contributed by atoms with Crippen LogP contribution in [0.4, 0.5) is 10.5 Å². The second-order valence-corrected chi connectivity index (χ2v) is 5.23. The molecular weight excluding hydrogens is 292 g/mol. The summed E-state index contributed by atoms with van der Waals surface area (Å²) in [4.78, 5) is 11.9. The Balaban J connectivity index is 1.76. The zero-order chi connectivity index (χ0) is 16.5. The summed E-state index contributed by atoms with van der Waals surface area (Å²) < 4.78 is 5.07. The van der Waals surface area contributed by atoms with Crippen LogP contribution in [-0.2, 0) is 11.3 Å². The minimum atomic E-state index is -0.582. The predicted octanol–water partition coefficient (Wildman–Crippen LogP) is 3.08. The molecule has 5 nitrogen and oxygen atoms in total. The summed E-state index contributed by atoms with van der Waals surface area (Å²) >= 11 is 0. The van der Waals surface area contributed by atoms with Gasteiger partial charge in [-0.15, -0.1) is 0 Å². The first-order valence-electron chi connectivity index (χ1n) is 7.55. The molecule has 0 aliphatic rings. The highest BCUT2D eigenvalue weighted by Gasteiger charge is 2.08. The fraction of sp³-hybridized carbons (Fsp3) is 0.278. The average Bonchev–Trinajstić information content (AvgIpc) is 2.56. The van der Waals surface area contributed by atoms with Gasteiger partial charge in [0.1, 0.15) is 0 Å². The van der Waals surface area contributed by atoms with Crippen molar-refractivity contribution in [3.8, 4) is 0 Å². The largest absolute Gasteiger partial charge is 0.388 e. The van der Waals surface area contributed by atoms with E-state index in [9.17, 15) is 9.90 Å². The molecule has 2 aromatic carbocycles. The van der Waals surface area contributed by atoms with Gasteiger partial charge < -0.3 is 20.5 Å². The molecule has 1 unspecified atom stereocenters. The summed E-state index contributed by atoms with van der Waals surface area (Å²) in [6.45, 7) is 0.889. The van der Waals surface area contributed by atoms with Crippen LogP contribution in [0, 0.1) is 0 Å². The molecule has 0 radical (unpaired) electrons. The number of ether oxygens (including phenoxy) is 1. The Kier molecular flexibility index (Phi) is 6.59. The number of nitrogens with one attached hydrogen (secondary N) is 2. The number of amides is 2. The van der Waals surface area contributed by atoms with E-state index in [1.807, 2.05) is 54.6 Å². The lowest BCUT2D eigenvalue weighted by Gasteiger charge is -2.12. The van der Waals surface area contributed by atoms with Crippen molar-refractivity contribution in [2.45, 2.75) is 19.1 Å². The highest BCUT2D eigenvalue weighted by Crippen LogP contribution is 2.15. The monoisotopic (exact) mass is 314 g/mol. The van der Waals surface area contributed by atoms with Gasteiger partial charge in [0, 0.05) is 19.3 Å². The van der Waals surface area contributed by atoms with E-state index < -0.39 is 6.10 Å². The summed E-state index contributed by atoms with van der Waals surface area (Å²) in [6, 6.07) is 16.6. The van der Waals surface area contributed by atoms with Crippen LogP contribution in [0.25, 0.3) is 0 Å². The van der Waals surface area contributed by atoms with E-state index in [4.69, 9.17) is 4.74 Å². The third kappa shape index (κ3) is 5.73. The van der Waals surface area contributed by atoms with Crippen molar-refractivity contribution in [3.63, 3.8) is 0 Å². The molecule has 0 saturated carbocycles. The number of methoxy groups -OCH3 is 1. The van der Waals surface area contributed by atoms with Crippen molar-refractivity contribution in [1.29, 1.82) is 0 Å². The van der Waals surface area contributed by atoms with Crippen molar-refractivity contribution in [3.05, 3.63) is 65.7 Å². The predicted molar refractivity (Wildman–Crippen MR) is 90.2 cm³/mol. The van der Waals surface area contributed by atoms with Crippen molar-refractivity contribution < 1.29 is 14.6 Å². The van der Waals surface area contributed by atoms with Crippen LogP contribution in [0.15, 0.2) is 54.6 Å². The number of hydrogen-bond acceptors (Lipinski definition) is 3. The first-order valence-corrected chi connectivity index (χ1v) is 7.55. The molecule has 2 amide bonds. The molecule has 23 heavy (non-hydrogen) atoms. The molecule has 0 aliphatic heterocycles. The highest BCUT2D eigenvalue weighted by atomic mass is 16.5. The minimum absolute atomic E-state index is 0.292. The Hall–Kier alpha value is -2.37. The van der Waals surface area contributed by atoms with E-state index in [-0.39, 0.29) is 6.03 Å². The normalized spacial score (nSPS) is 11.7. The first-order chi connectivity index (χ1) is 11.2. The number of aliphatic hydroxyl groups is 1. The molecule has 3 N–H and O–H groups in total. The maximum atomic E-state index is 11.9. The zero-order valence-corrected chi connectivity index (χ0v) is 13.2. The Labute approximate surface area is 136 Å². The SMILES string of the molecule is COCc1cccc(NC(=O)NCCC(O)c2ccccc2)c1. The van der Waals surface area contributed by atoms with E-state index in [0.29, 0.717) is 25.3 Å². The first kappa shape index (κ1) is 17.0. The van der Waals surface area contributed by atoms with Crippen LogP contribution in [0.2, 0.25) is 0 Å². The summed E-state index contributed by atoms with van der Waals surface area (Å²) in [5.41, 5.74) is 2.55. The van der Waals surface area contributed by atoms with Crippen molar-refractivity contribution in [2.24, 2.45) is 0 Å². The van der Waals surface area contributed by atoms with Gasteiger partial charge in [0.25, 0.3) is 0 Å². The van der Waals surface area contributed by atoms with Gasteiger partial charge in [-0.25, -0.2) is 4.79 Å². The lowest BCUT2D eigenvalue weighted by Crippen LogP contribution is -2.30. The molecule has 5 heteroatoms. The number of hydrogen-bond donors (Lipinski definition) is 3. The topological polar surface area (TPSA) is 70.6 Å². The van der Waals surface area contributed by atoms with E-state index in [1.165, 1.54) is 0 Å². The molecule has 0 spiro atoms. The number of benzene rings is 2. The maximum Gasteiger partial charge on any atom is 0.319 e. The standard InChI is InChI=1S/C18H22N2O3/c1-23-13-14-6-5-9-16(12-14)20-18(22)19-11-10-17(21)15-7-3-2-4-8-15/h2-9,12,17,21H,10-11,13H2,1H3,(H2,19,20,22). The zero-order valence-electron chi connectivity index (χ0n) is 13.2. The number of anilines is 1. The minimum Gasteiger partial charge on any atom is -0.388 e. The van der Waals surface area contributed by atoms with E-state index in [2.05, 4.69) is 10.6 Å². The van der Waals surface area contributed by atoms with Crippen LogP contribution >= 0.6 is 0 Å². The van der Waals surface area contributed by atoms with E-state index >= 15 is 0 Å². The van der Waals surface area contributed by atoms with Crippen LogP contribution < -0.4 is 10.6 Å². The van der Waals surface area contributed by atoms with E-state index in [0.717, 1.165) is 11.1 Å². The summed E-state index contributed by atoms with van der Waals surface area (Å²) in [5, 5.41) is 15.5. The molecule has 0 bridgehead atoms. The second kappa shape index (κ2) is 8.92. The molecule has 122 valence electrons. The molecule has 2 aromatic rings. The molecule has 0 fully saturated rings. The number of urea groups is 1. The Morgan fingerprint density at radius 3 is 2.70 bits per heavy atom. The van der Waals surface area contributed by atoms with Gasteiger partial charge in [0.15, 0.2) is 0 Å². The third-order valence-corrected chi connectivity index (χ3v) is 3.38. The van der Waals surface area contributed by atoms with Crippen molar-refractivity contribution >= 4 is 11.7 Å². The van der Waals surface area contributed by atoms with Crippen molar-refractivity contribution in [2.75, 3.05) is 19.0 Å². The maximum absolute atomic E-state index is 11.9. The van der Waals surface area contributed by atoms with Crippen LogP contribution in [0.3, 0.4) is 0 Å². The van der Waals surface area contributed by atoms with E-state index in [1.54, 1.807) is 7.11 Å². The number of rotatable bonds is 7. The third-order valence-electron chi connectivity index (χ3n) is 3.38. The van der Waals surface area contributed by atoms with Crippen LogP contribution in [-0.4, -0.2) is 24.8 Å². The van der Waals surface area contributed by atoms with Crippen LogP contribution in [0.5, 0.6) is 0 Å². The second-order valence-electron chi connectivity index (χ2n) is 5.23. The quantitative estimate of drug-likeness (QED) is 0.735.